The van der Waals surface area contributed by atoms with Gasteiger partial charge in [0.2, 0.25) is 0 Å². The van der Waals surface area contributed by atoms with Gasteiger partial charge in [-0.2, -0.15) is 0 Å². The van der Waals surface area contributed by atoms with E-state index in [4.69, 9.17) is 9.47 Å². The van der Waals surface area contributed by atoms with E-state index in [1.165, 1.54) is 0 Å². The summed E-state index contributed by atoms with van der Waals surface area (Å²) >= 11 is 2.27. The molecule has 0 saturated carbocycles. The summed E-state index contributed by atoms with van der Waals surface area (Å²) in [5, 5.41) is 0. The second-order valence-electron chi connectivity index (χ2n) is 2.45. The Labute approximate surface area is 84.2 Å². The van der Waals surface area contributed by atoms with Crippen molar-refractivity contribution in [3.8, 4) is 11.5 Å². The molecule has 1 aliphatic rings. The molecule has 0 fully saturated rings. The maximum atomic E-state index is 5.40. The van der Waals surface area contributed by atoms with E-state index in [9.17, 15) is 0 Å². The lowest BCUT2D eigenvalue weighted by Gasteiger charge is -2.17. The molecule has 1 aliphatic heterocycles. The molecule has 0 aliphatic carbocycles. The van der Waals surface area contributed by atoms with Gasteiger partial charge in [0.25, 0.3) is 0 Å². The van der Waals surface area contributed by atoms with Crippen LogP contribution in [0.15, 0.2) is 12.3 Å². The molecule has 12 heavy (non-hydrogen) atoms. The fourth-order valence-corrected chi connectivity index (χ4v) is 1.48. The maximum Gasteiger partial charge on any atom is 0.179 e. The molecule has 2 heterocycles. The van der Waals surface area contributed by atoms with Gasteiger partial charge in [-0.05, 0) is 0 Å². The van der Waals surface area contributed by atoms with Crippen molar-refractivity contribution in [1.82, 2.24) is 4.98 Å². The van der Waals surface area contributed by atoms with E-state index >= 15 is 0 Å². The van der Waals surface area contributed by atoms with E-state index in [2.05, 4.69) is 27.6 Å². The summed E-state index contributed by atoms with van der Waals surface area (Å²) in [6, 6.07) is 1.93. The SMILES string of the molecule is ICc1cc2c(cn1)OCCO2. The average Bonchev–Trinajstić information content (AvgIpc) is 2.17. The van der Waals surface area contributed by atoms with Crippen LogP contribution in [0.2, 0.25) is 0 Å². The number of pyridine rings is 1. The lowest BCUT2D eigenvalue weighted by Crippen LogP contribution is -2.15. The van der Waals surface area contributed by atoms with Crippen molar-refractivity contribution in [3.63, 3.8) is 0 Å². The maximum absolute atomic E-state index is 5.40. The molecule has 0 aromatic carbocycles. The second kappa shape index (κ2) is 3.47. The van der Waals surface area contributed by atoms with Crippen LogP contribution in [0.3, 0.4) is 0 Å². The second-order valence-corrected chi connectivity index (χ2v) is 3.22. The van der Waals surface area contributed by atoms with Gasteiger partial charge >= 0.3 is 0 Å². The van der Waals surface area contributed by atoms with Gasteiger partial charge in [0.15, 0.2) is 11.5 Å². The van der Waals surface area contributed by atoms with Gasteiger partial charge in [-0.15, -0.1) is 0 Å². The number of ether oxygens (including phenoxy) is 2. The molecule has 0 spiro atoms. The molecular formula is C8H8INO2. The number of hydrogen-bond acceptors (Lipinski definition) is 3. The third-order valence-corrected chi connectivity index (χ3v) is 2.41. The van der Waals surface area contributed by atoms with Crippen molar-refractivity contribution in [2.75, 3.05) is 13.2 Å². The Balaban J connectivity index is 2.36. The molecule has 0 radical (unpaired) electrons. The zero-order chi connectivity index (χ0) is 8.39. The van der Waals surface area contributed by atoms with Gasteiger partial charge in [0, 0.05) is 10.5 Å². The first-order chi connectivity index (χ1) is 5.90. The highest BCUT2D eigenvalue weighted by molar-refractivity contribution is 14.1. The van der Waals surface area contributed by atoms with Crippen LogP contribution >= 0.6 is 22.6 Å². The van der Waals surface area contributed by atoms with Gasteiger partial charge in [-0.25, -0.2) is 0 Å². The van der Waals surface area contributed by atoms with Crippen LogP contribution in [-0.4, -0.2) is 18.2 Å². The van der Waals surface area contributed by atoms with Gasteiger partial charge in [-0.1, -0.05) is 22.6 Å². The predicted octanol–water partition coefficient (Wildman–Crippen LogP) is 1.79. The van der Waals surface area contributed by atoms with Crippen molar-refractivity contribution in [2.45, 2.75) is 4.43 Å². The van der Waals surface area contributed by atoms with Crippen molar-refractivity contribution < 1.29 is 9.47 Å². The monoisotopic (exact) mass is 277 g/mol. The fraction of sp³-hybridized carbons (Fsp3) is 0.375. The van der Waals surface area contributed by atoms with Crippen molar-refractivity contribution in [3.05, 3.63) is 18.0 Å². The predicted molar refractivity (Wildman–Crippen MR) is 53.0 cm³/mol. The Kier molecular flexibility index (Phi) is 2.34. The van der Waals surface area contributed by atoms with Crippen LogP contribution in [-0.2, 0) is 4.43 Å². The van der Waals surface area contributed by atoms with Gasteiger partial charge in [-0.3, -0.25) is 4.98 Å². The fourth-order valence-electron chi connectivity index (χ4n) is 1.06. The highest BCUT2D eigenvalue weighted by Gasteiger charge is 2.11. The van der Waals surface area contributed by atoms with E-state index in [1.807, 2.05) is 6.07 Å². The van der Waals surface area contributed by atoms with Gasteiger partial charge < -0.3 is 9.47 Å². The Morgan fingerprint density at radius 3 is 2.83 bits per heavy atom. The summed E-state index contributed by atoms with van der Waals surface area (Å²) in [4.78, 5) is 4.20. The molecule has 4 heteroatoms. The average molecular weight is 277 g/mol. The van der Waals surface area contributed by atoms with E-state index in [0.29, 0.717) is 13.2 Å². The lowest BCUT2D eigenvalue weighted by molar-refractivity contribution is 0.170. The Morgan fingerprint density at radius 2 is 2.08 bits per heavy atom. The number of alkyl halides is 1. The van der Waals surface area contributed by atoms with E-state index in [1.54, 1.807) is 6.20 Å². The quantitative estimate of drug-likeness (QED) is 0.579. The van der Waals surface area contributed by atoms with Crippen molar-refractivity contribution in [2.24, 2.45) is 0 Å². The first-order valence-corrected chi connectivity index (χ1v) is 5.23. The minimum Gasteiger partial charge on any atom is -0.486 e. The van der Waals surface area contributed by atoms with Crippen molar-refractivity contribution >= 4 is 22.6 Å². The van der Waals surface area contributed by atoms with Gasteiger partial charge in [0.05, 0.1) is 11.9 Å². The molecule has 1 aromatic rings. The molecule has 1 aromatic heterocycles. The lowest BCUT2D eigenvalue weighted by atomic mass is 10.3. The van der Waals surface area contributed by atoms with Crippen molar-refractivity contribution in [1.29, 1.82) is 0 Å². The first-order valence-electron chi connectivity index (χ1n) is 3.70. The summed E-state index contributed by atoms with van der Waals surface area (Å²) in [5.74, 6) is 1.58. The number of fused-ring (bicyclic) bond motifs is 1. The minimum absolute atomic E-state index is 0.623. The summed E-state index contributed by atoms with van der Waals surface area (Å²) in [6.07, 6.45) is 1.72. The van der Waals surface area contributed by atoms with Crippen LogP contribution in [0.1, 0.15) is 5.69 Å². The third kappa shape index (κ3) is 1.48. The van der Waals surface area contributed by atoms with Crippen LogP contribution in [0.25, 0.3) is 0 Å². The third-order valence-electron chi connectivity index (χ3n) is 1.62. The van der Waals surface area contributed by atoms with E-state index < -0.39 is 0 Å². The number of aromatic nitrogens is 1. The number of nitrogens with zero attached hydrogens (tertiary/aromatic N) is 1. The largest absolute Gasteiger partial charge is 0.486 e. The van der Waals surface area contributed by atoms with Crippen LogP contribution < -0.4 is 9.47 Å². The zero-order valence-corrected chi connectivity index (χ0v) is 8.58. The summed E-state index contributed by atoms with van der Waals surface area (Å²) in [5.41, 5.74) is 1.03. The van der Waals surface area contributed by atoms with E-state index in [-0.39, 0.29) is 0 Å². The number of halogens is 1. The summed E-state index contributed by atoms with van der Waals surface area (Å²) in [7, 11) is 0. The molecule has 2 rings (SSSR count). The highest BCUT2D eigenvalue weighted by Crippen LogP contribution is 2.29. The highest BCUT2D eigenvalue weighted by atomic mass is 127. The minimum atomic E-state index is 0.623. The molecule has 3 nitrogen and oxygen atoms in total. The summed E-state index contributed by atoms with van der Waals surface area (Å²) < 4.78 is 11.6. The topological polar surface area (TPSA) is 31.4 Å². The molecule has 0 atom stereocenters. The van der Waals surface area contributed by atoms with E-state index in [0.717, 1.165) is 21.6 Å². The number of rotatable bonds is 1. The molecule has 0 unspecified atom stereocenters. The molecule has 64 valence electrons. The Hall–Kier alpha value is -0.520. The normalized spacial score (nSPS) is 14.4. The molecule has 0 saturated heterocycles. The summed E-state index contributed by atoms with van der Waals surface area (Å²) in [6.45, 7) is 1.26. The van der Waals surface area contributed by atoms with Crippen LogP contribution in [0.4, 0.5) is 0 Å². The van der Waals surface area contributed by atoms with Gasteiger partial charge in [0.1, 0.15) is 13.2 Å². The smallest absolute Gasteiger partial charge is 0.179 e. The Bertz CT molecular complexity index is 290. The van der Waals surface area contributed by atoms with Crippen LogP contribution in [0.5, 0.6) is 11.5 Å². The molecule has 0 bridgehead atoms. The Morgan fingerprint density at radius 1 is 1.33 bits per heavy atom. The molecular weight excluding hydrogens is 269 g/mol. The van der Waals surface area contributed by atoms with Crippen LogP contribution in [0, 0.1) is 0 Å². The molecule has 0 N–H and O–H groups in total. The first kappa shape index (κ1) is 8.10. The zero-order valence-electron chi connectivity index (χ0n) is 6.42. The standard InChI is InChI=1S/C8H8INO2/c9-4-6-3-7-8(5-10-6)12-2-1-11-7/h3,5H,1-2,4H2. The number of hydrogen-bond donors (Lipinski definition) is 0. The molecule has 0 amide bonds.